The number of phenolic OH excluding ortho intramolecular Hbond substituents is 2. The number of carbonyl (C=O) groups is 3. The number of anilines is 2. The van der Waals surface area contributed by atoms with Crippen LogP contribution in [-0.2, 0) is 28.3 Å². The molecule has 16 nitrogen and oxygen atoms in total. The van der Waals surface area contributed by atoms with Crippen molar-refractivity contribution in [3.63, 3.8) is 0 Å². The lowest BCUT2D eigenvalue weighted by Crippen LogP contribution is -2.44. The van der Waals surface area contributed by atoms with E-state index in [0.29, 0.717) is 74.0 Å². The number of ketones is 2. The van der Waals surface area contributed by atoms with Crippen LogP contribution in [0.15, 0.2) is 65.5 Å². The maximum Gasteiger partial charge on any atom is 0.343 e. The smallest absolute Gasteiger partial charge is 0.343 e. The lowest BCUT2D eigenvalue weighted by molar-refractivity contribution is -0.172. The zero-order chi connectivity index (χ0) is 41.1. The number of fused-ring (bicyclic) bond motifs is 7. The first-order valence-electron chi connectivity index (χ1n) is 19.0. The molecular formula is C42H46Cl2N6O10. The van der Waals surface area contributed by atoms with Gasteiger partial charge < -0.3 is 56.1 Å². The average Bonchev–Trinajstić information content (AvgIpc) is 3.59. The molecule has 0 spiro atoms. The molecule has 0 bridgehead atoms. The van der Waals surface area contributed by atoms with Gasteiger partial charge in [-0.2, -0.15) is 0 Å². The minimum Gasteiger partial charge on any atom is -0.507 e. The molecule has 3 aliphatic rings. The molecule has 0 saturated heterocycles. The second-order valence-electron chi connectivity index (χ2n) is 14.0. The zero-order valence-electron chi connectivity index (χ0n) is 32.5. The van der Waals surface area contributed by atoms with E-state index >= 15 is 0 Å². The third-order valence-electron chi connectivity index (χ3n) is 10.5. The number of aromatic hydroxyl groups is 2. The van der Waals surface area contributed by atoms with E-state index in [9.17, 15) is 34.5 Å². The van der Waals surface area contributed by atoms with E-state index in [1.807, 2.05) is 30.3 Å². The summed E-state index contributed by atoms with van der Waals surface area (Å²) in [6.07, 6.45) is 0.139. The monoisotopic (exact) mass is 864 g/mol. The molecule has 0 amide bonds. The highest BCUT2D eigenvalue weighted by molar-refractivity contribution is 6.33. The first-order chi connectivity index (χ1) is 28.0. The first-order valence-corrected chi connectivity index (χ1v) is 19.0. The fourth-order valence-corrected chi connectivity index (χ4v) is 7.56. The molecular weight excluding hydrogens is 819 g/mol. The quantitative estimate of drug-likeness (QED) is 0.0460. The lowest BCUT2D eigenvalue weighted by atomic mass is 9.81. The molecule has 9 N–H and O–H groups in total. The van der Waals surface area contributed by atoms with Crippen LogP contribution in [0.25, 0.3) is 22.3 Å². The summed E-state index contributed by atoms with van der Waals surface area (Å²) in [5, 5.41) is 62.4. The van der Waals surface area contributed by atoms with Crippen LogP contribution in [0.1, 0.15) is 61.9 Å². The minimum absolute atomic E-state index is 0. The number of rotatable bonds is 13. The predicted molar refractivity (Wildman–Crippen MR) is 229 cm³/mol. The van der Waals surface area contributed by atoms with E-state index < -0.39 is 23.1 Å². The second kappa shape index (κ2) is 19.2. The minimum atomic E-state index is -1.79. The van der Waals surface area contributed by atoms with Crippen LogP contribution in [-0.4, -0.2) is 105 Å². The largest absolute Gasteiger partial charge is 0.507 e. The molecule has 2 aliphatic heterocycles. The molecule has 5 aromatic rings. The number of hydrogen-bond acceptors (Lipinski definition) is 15. The fraction of sp³-hybridized carbons (Fsp3) is 0.310. The number of halogens is 2. The highest BCUT2D eigenvalue weighted by atomic mass is 35.5. The summed E-state index contributed by atoms with van der Waals surface area (Å²) in [5.41, 5.74) is 2.49. The van der Waals surface area contributed by atoms with Gasteiger partial charge in [0.2, 0.25) is 11.6 Å². The maximum atomic E-state index is 13.4. The van der Waals surface area contributed by atoms with Crippen LogP contribution in [0.4, 0.5) is 11.4 Å². The van der Waals surface area contributed by atoms with Gasteiger partial charge in [0.25, 0.3) is 5.56 Å². The molecule has 8 rings (SSSR count). The number of nitrogens with one attached hydrogen (secondary N) is 4. The number of cyclic esters (lactones) is 1. The Hall–Kier alpha value is -5.59. The third kappa shape index (κ3) is 8.27. The Morgan fingerprint density at radius 3 is 1.87 bits per heavy atom. The molecule has 318 valence electrons. The molecule has 1 unspecified atom stereocenters. The number of aromatic nitrogens is 2. The fourth-order valence-electron chi connectivity index (χ4n) is 7.56. The summed E-state index contributed by atoms with van der Waals surface area (Å²) in [6, 6.07) is 17.3. The van der Waals surface area contributed by atoms with Crippen molar-refractivity contribution in [2.45, 2.75) is 32.1 Å². The number of carbonyl (C=O) groups excluding carboxylic acids is 3. The Morgan fingerprint density at radius 2 is 1.32 bits per heavy atom. The molecule has 0 radical (unpaired) electrons. The van der Waals surface area contributed by atoms with Crippen molar-refractivity contribution >= 4 is 64.6 Å². The van der Waals surface area contributed by atoms with Crippen LogP contribution in [0.5, 0.6) is 11.5 Å². The molecule has 3 aromatic carbocycles. The van der Waals surface area contributed by atoms with Crippen molar-refractivity contribution in [2.24, 2.45) is 0 Å². The van der Waals surface area contributed by atoms with Crippen LogP contribution in [0, 0.1) is 0 Å². The van der Waals surface area contributed by atoms with Gasteiger partial charge in [0, 0.05) is 67.2 Å². The van der Waals surface area contributed by atoms with Gasteiger partial charge in [-0.05, 0) is 48.9 Å². The normalized spacial score (nSPS) is 15.5. The number of para-hydroxylation sites is 1. The topological polar surface area (TPSA) is 245 Å². The first kappa shape index (κ1) is 45.5. The van der Waals surface area contributed by atoms with E-state index in [1.165, 1.54) is 12.1 Å². The standard InChI is InChI=1S/C22H28N4O6.C20H16N2O4.2ClH/c27-11-9-23-5-7-25-13-1-2-14(26-8-6-24-10-12-28)18-17(13)21(31)19-15(29)3-4-16(30)20(19)22(18)32;1-2-20(25)14-8-16-17-12(7-11-5-3-4-6-15(11)21-17)9-22(16)18(23)13(14)10-26-19(20)24;;/h1-4,23-30H,5-12H2;3-8,25H,2,9-10H2,1H3;2*1H. The van der Waals surface area contributed by atoms with Crippen LogP contribution >= 0.6 is 24.8 Å². The number of pyridine rings is 2. The number of benzene rings is 3. The van der Waals surface area contributed by atoms with Crippen LogP contribution in [0.3, 0.4) is 0 Å². The third-order valence-corrected chi connectivity index (χ3v) is 10.5. The number of aliphatic hydroxyl groups excluding tert-OH is 2. The Kier molecular flexibility index (Phi) is 14.6. The predicted octanol–water partition coefficient (Wildman–Crippen LogP) is 2.78. The van der Waals surface area contributed by atoms with Gasteiger partial charge in [0.1, 0.15) is 18.1 Å². The number of ether oxygens (including phenoxy) is 1. The summed E-state index contributed by atoms with van der Waals surface area (Å²) < 4.78 is 6.72. The van der Waals surface area contributed by atoms with Crippen molar-refractivity contribution in [3.05, 3.63) is 110 Å². The SMILES string of the molecule is CCC1(O)C(=O)OCc2c1cc1n(c2=O)Cc2cc3ccccc3nc2-1.Cl.Cl.O=C1c2c(O)ccc(O)c2C(=O)c2c(NCCNCCO)ccc(NCCNCCO)c21. The lowest BCUT2D eigenvalue weighted by Gasteiger charge is -2.31. The van der Waals surface area contributed by atoms with E-state index in [4.69, 9.17) is 19.9 Å². The van der Waals surface area contributed by atoms with E-state index in [-0.39, 0.29) is 90.4 Å². The molecule has 4 heterocycles. The van der Waals surface area contributed by atoms with Crippen molar-refractivity contribution in [2.75, 3.05) is 63.1 Å². The van der Waals surface area contributed by atoms with Crippen LogP contribution < -0.4 is 26.8 Å². The van der Waals surface area contributed by atoms with Gasteiger partial charge in [-0.15, -0.1) is 24.8 Å². The van der Waals surface area contributed by atoms with Crippen LogP contribution in [0.2, 0.25) is 0 Å². The molecule has 0 fully saturated rings. The number of esters is 1. The number of nitrogens with zero attached hydrogens (tertiary/aromatic N) is 2. The summed E-state index contributed by atoms with van der Waals surface area (Å²) >= 11 is 0. The Morgan fingerprint density at radius 1 is 0.750 bits per heavy atom. The molecule has 1 aliphatic carbocycles. The van der Waals surface area contributed by atoms with E-state index in [0.717, 1.165) is 22.2 Å². The molecule has 2 aromatic heterocycles. The Labute approximate surface area is 356 Å². The van der Waals surface area contributed by atoms with Gasteiger partial charge in [-0.3, -0.25) is 14.4 Å². The summed E-state index contributed by atoms with van der Waals surface area (Å²) in [7, 11) is 0. The highest BCUT2D eigenvalue weighted by Gasteiger charge is 2.45. The molecule has 1 atom stereocenters. The Bertz CT molecular complexity index is 2440. The maximum absolute atomic E-state index is 13.4. The van der Waals surface area contributed by atoms with Gasteiger partial charge in [-0.1, -0.05) is 25.1 Å². The van der Waals surface area contributed by atoms with Crippen molar-refractivity contribution < 1.29 is 44.7 Å². The highest BCUT2D eigenvalue weighted by Crippen LogP contribution is 2.43. The number of hydrogen-bond donors (Lipinski definition) is 9. The second-order valence-corrected chi connectivity index (χ2v) is 14.0. The van der Waals surface area contributed by atoms with Gasteiger partial charge in [0.05, 0.1) is 64.5 Å². The van der Waals surface area contributed by atoms with Crippen molar-refractivity contribution in [1.29, 1.82) is 0 Å². The van der Waals surface area contributed by atoms with E-state index in [2.05, 4.69) is 21.3 Å². The average molecular weight is 866 g/mol. The van der Waals surface area contributed by atoms with Gasteiger partial charge in [0.15, 0.2) is 5.60 Å². The van der Waals surface area contributed by atoms with Crippen molar-refractivity contribution in [3.8, 4) is 22.9 Å². The number of aliphatic hydroxyl groups is 3. The zero-order valence-corrected chi connectivity index (χ0v) is 34.2. The summed E-state index contributed by atoms with van der Waals surface area (Å²) in [6.45, 7) is 4.82. The molecule has 60 heavy (non-hydrogen) atoms. The summed E-state index contributed by atoms with van der Waals surface area (Å²) in [5.74, 6) is -2.57. The van der Waals surface area contributed by atoms with Gasteiger partial charge >= 0.3 is 5.97 Å². The van der Waals surface area contributed by atoms with Crippen molar-refractivity contribution in [1.82, 2.24) is 20.2 Å². The Balaban J connectivity index is 0.000000224. The van der Waals surface area contributed by atoms with Gasteiger partial charge in [-0.25, -0.2) is 9.78 Å². The van der Waals surface area contributed by atoms with E-state index in [1.54, 1.807) is 29.7 Å². The summed E-state index contributed by atoms with van der Waals surface area (Å²) in [4.78, 5) is 56.6. The molecule has 18 heteroatoms. The number of phenols is 2. The molecule has 0 saturated carbocycles.